The maximum absolute atomic E-state index is 12.2. The van der Waals surface area contributed by atoms with Gasteiger partial charge in [-0.2, -0.15) is 0 Å². The van der Waals surface area contributed by atoms with Gasteiger partial charge in [0.2, 0.25) is 0 Å². The number of rotatable bonds is 8. The van der Waals surface area contributed by atoms with E-state index >= 15 is 0 Å². The summed E-state index contributed by atoms with van der Waals surface area (Å²) in [7, 11) is 0. The summed E-state index contributed by atoms with van der Waals surface area (Å²) in [6.45, 7) is 6.71. The summed E-state index contributed by atoms with van der Waals surface area (Å²) in [4.78, 5) is 5.19. The highest BCUT2D eigenvalue weighted by Crippen LogP contribution is 2.69. The van der Waals surface area contributed by atoms with Gasteiger partial charge in [-0.1, -0.05) is 19.0 Å². The second kappa shape index (κ2) is 9.14. The predicted molar refractivity (Wildman–Crippen MR) is 125 cm³/mol. The summed E-state index contributed by atoms with van der Waals surface area (Å²) in [6.07, 6.45) is 11.4. The Morgan fingerprint density at radius 1 is 0.938 bits per heavy atom. The maximum Gasteiger partial charge on any atom is 0.129 e. The smallest absolute Gasteiger partial charge is 0.129 e. The molecule has 0 unspecified atom stereocenters. The van der Waals surface area contributed by atoms with Crippen LogP contribution < -0.4 is 11.5 Å². The van der Waals surface area contributed by atoms with Crippen molar-refractivity contribution >= 4 is 6.21 Å². The number of nitrogens with two attached hydrogens (primary N) is 2. The average molecular weight is 452 g/mol. The Hall–Kier alpha value is -0.730. The molecule has 7 nitrogen and oxygen atoms in total. The minimum atomic E-state index is -1.15. The Balaban J connectivity index is 1.50. The number of ether oxygens (including phenoxy) is 1. The molecule has 32 heavy (non-hydrogen) atoms. The number of hydrogen-bond donors (Lipinski definition) is 4. The average Bonchev–Trinajstić information content (AvgIpc) is 2.99. The molecule has 6 N–H and O–H groups in total. The van der Waals surface area contributed by atoms with Crippen LogP contribution in [0.4, 0.5) is 0 Å². The summed E-state index contributed by atoms with van der Waals surface area (Å²) in [5, 5.41) is 27.8. The molecule has 0 aromatic carbocycles. The highest BCUT2D eigenvalue weighted by Gasteiger charge is 2.71. The van der Waals surface area contributed by atoms with Crippen LogP contribution in [0.1, 0.15) is 78.1 Å². The Kier molecular flexibility index (Phi) is 6.97. The van der Waals surface area contributed by atoms with Crippen molar-refractivity contribution in [2.24, 2.45) is 45.2 Å². The van der Waals surface area contributed by atoms with Gasteiger partial charge in [-0.25, -0.2) is 0 Å². The lowest BCUT2D eigenvalue weighted by molar-refractivity contribution is -0.225. The van der Waals surface area contributed by atoms with Crippen LogP contribution in [-0.4, -0.2) is 60.0 Å². The molecular formula is C25H45N3O4. The van der Waals surface area contributed by atoms with Crippen LogP contribution in [0.5, 0.6) is 0 Å². The molecule has 4 fully saturated rings. The second-order valence-corrected chi connectivity index (χ2v) is 11.5. The van der Waals surface area contributed by atoms with Gasteiger partial charge in [0.25, 0.3) is 0 Å². The quantitative estimate of drug-likeness (QED) is 0.255. The summed E-state index contributed by atoms with van der Waals surface area (Å²) >= 11 is 0. The Morgan fingerprint density at radius 3 is 2.50 bits per heavy atom. The standard InChI is InChI=1S/C25H45N3O4/c1-22-8-6-19(31-14-3-12-26)16-18(22)4-5-21-20(22)7-9-23(2)24(29,10-11-25(21,23)30)17-28-32-15-13-27/h17-21,29-30H,3-16,26-27H2,1-2H3/b28-17+/t18-,19+,20+,21-,22+,23-,24-,25+/m1/s1. The lowest BCUT2D eigenvalue weighted by atomic mass is 9.43. The summed E-state index contributed by atoms with van der Waals surface area (Å²) in [5.41, 5.74) is 8.72. The highest BCUT2D eigenvalue weighted by molar-refractivity contribution is 5.71. The Morgan fingerprint density at radius 2 is 1.75 bits per heavy atom. The summed E-state index contributed by atoms with van der Waals surface area (Å²) in [5.74, 6) is 1.38. The molecule has 8 atom stereocenters. The van der Waals surface area contributed by atoms with Gasteiger partial charge < -0.3 is 31.3 Å². The molecule has 0 radical (unpaired) electrons. The molecule has 0 saturated heterocycles. The summed E-state index contributed by atoms with van der Waals surface area (Å²) < 4.78 is 6.14. The minimum Gasteiger partial charge on any atom is -0.395 e. The number of hydrogen-bond acceptors (Lipinski definition) is 7. The highest BCUT2D eigenvalue weighted by atomic mass is 16.6. The van der Waals surface area contributed by atoms with E-state index in [9.17, 15) is 10.2 Å². The molecule has 0 aromatic rings. The van der Waals surface area contributed by atoms with Crippen LogP contribution in [-0.2, 0) is 9.57 Å². The van der Waals surface area contributed by atoms with E-state index < -0.39 is 16.6 Å². The van der Waals surface area contributed by atoms with E-state index in [-0.39, 0.29) is 11.3 Å². The van der Waals surface area contributed by atoms with Gasteiger partial charge in [-0.05, 0) is 93.9 Å². The van der Waals surface area contributed by atoms with Gasteiger partial charge in [-0.15, -0.1) is 0 Å². The minimum absolute atomic E-state index is 0.226. The van der Waals surface area contributed by atoms with Crippen LogP contribution in [0.25, 0.3) is 0 Å². The zero-order chi connectivity index (χ0) is 23.0. The van der Waals surface area contributed by atoms with Crippen molar-refractivity contribution in [3.63, 3.8) is 0 Å². The molecule has 4 aliphatic rings. The first-order valence-corrected chi connectivity index (χ1v) is 12.9. The van der Waals surface area contributed by atoms with Gasteiger partial charge in [0.1, 0.15) is 12.2 Å². The first-order valence-electron chi connectivity index (χ1n) is 12.9. The third kappa shape index (κ3) is 3.72. The van der Waals surface area contributed by atoms with E-state index in [0.29, 0.717) is 50.5 Å². The second-order valence-electron chi connectivity index (χ2n) is 11.5. The lowest BCUT2D eigenvalue weighted by Crippen LogP contribution is -2.65. The molecule has 7 heteroatoms. The van der Waals surface area contributed by atoms with Crippen LogP contribution in [0.3, 0.4) is 0 Å². The van der Waals surface area contributed by atoms with Crippen LogP contribution in [0.2, 0.25) is 0 Å². The topological polar surface area (TPSA) is 123 Å². The molecule has 0 aliphatic heterocycles. The SMILES string of the molecule is C[C@]12CC[C@H](OCCCN)C[C@H]1CC[C@@H]1[C@@H]2CC[C@]2(C)[C@](O)(/C=N/OCCN)CC[C@]12O. The number of fused-ring (bicyclic) bond motifs is 5. The number of nitrogens with zero attached hydrogens (tertiary/aromatic N) is 1. The van der Waals surface area contributed by atoms with E-state index in [2.05, 4.69) is 19.0 Å². The fourth-order valence-electron chi connectivity index (χ4n) is 8.16. The predicted octanol–water partition coefficient (Wildman–Crippen LogP) is 2.57. The Labute approximate surface area is 193 Å². The van der Waals surface area contributed by atoms with Gasteiger partial charge in [0, 0.05) is 18.6 Å². The van der Waals surface area contributed by atoms with E-state index in [4.69, 9.17) is 21.0 Å². The maximum atomic E-state index is 12.2. The number of aliphatic hydroxyl groups is 2. The fraction of sp³-hybridized carbons (Fsp3) is 0.960. The number of oxime groups is 1. The molecule has 0 spiro atoms. The third-order valence-electron chi connectivity index (χ3n) is 10.3. The van der Waals surface area contributed by atoms with Crippen molar-refractivity contribution in [3.05, 3.63) is 0 Å². The molecule has 184 valence electrons. The van der Waals surface area contributed by atoms with Crippen molar-refractivity contribution < 1.29 is 19.8 Å². The zero-order valence-corrected chi connectivity index (χ0v) is 20.1. The third-order valence-corrected chi connectivity index (χ3v) is 10.3. The van der Waals surface area contributed by atoms with Crippen LogP contribution in [0, 0.1) is 28.6 Å². The molecule has 4 rings (SSSR count). The van der Waals surface area contributed by atoms with Crippen molar-refractivity contribution in [2.45, 2.75) is 95.4 Å². The van der Waals surface area contributed by atoms with Crippen molar-refractivity contribution in [1.82, 2.24) is 0 Å². The normalized spacial score (nSPS) is 48.3. The van der Waals surface area contributed by atoms with Crippen molar-refractivity contribution in [2.75, 3.05) is 26.3 Å². The molecule has 0 bridgehead atoms. The first-order chi connectivity index (χ1) is 15.2. The largest absolute Gasteiger partial charge is 0.395 e. The molecule has 0 heterocycles. The van der Waals surface area contributed by atoms with Crippen molar-refractivity contribution in [3.8, 4) is 0 Å². The van der Waals surface area contributed by atoms with Gasteiger partial charge >= 0.3 is 0 Å². The van der Waals surface area contributed by atoms with E-state index in [1.807, 2.05) is 0 Å². The molecule has 4 aliphatic carbocycles. The lowest BCUT2D eigenvalue weighted by Gasteiger charge is -2.64. The van der Waals surface area contributed by atoms with E-state index in [0.717, 1.165) is 58.0 Å². The van der Waals surface area contributed by atoms with Gasteiger partial charge in [-0.3, -0.25) is 0 Å². The Bertz CT molecular complexity index is 692. The van der Waals surface area contributed by atoms with E-state index in [1.54, 1.807) is 0 Å². The molecule has 4 saturated carbocycles. The van der Waals surface area contributed by atoms with Gasteiger partial charge in [0.05, 0.1) is 17.9 Å². The zero-order valence-electron chi connectivity index (χ0n) is 20.1. The fourth-order valence-corrected chi connectivity index (χ4v) is 8.16. The van der Waals surface area contributed by atoms with E-state index in [1.165, 1.54) is 6.21 Å². The molecular weight excluding hydrogens is 406 g/mol. The van der Waals surface area contributed by atoms with Crippen LogP contribution >= 0.6 is 0 Å². The molecule has 0 amide bonds. The monoisotopic (exact) mass is 451 g/mol. The summed E-state index contributed by atoms with van der Waals surface area (Å²) in [6, 6.07) is 0. The first kappa shape index (κ1) is 24.4. The van der Waals surface area contributed by atoms with Crippen molar-refractivity contribution in [1.29, 1.82) is 0 Å². The van der Waals surface area contributed by atoms with Crippen LogP contribution in [0.15, 0.2) is 5.16 Å². The van der Waals surface area contributed by atoms with Gasteiger partial charge in [0.15, 0.2) is 0 Å². The molecule has 0 aromatic heterocycles.